The zero-order valence-corrected chi connectivity index (χ0v) is 19.3. The zero-order chi connectivity index (χ0) is 23.4. The lowest BCUT2D eigenvalue weighted by Crippen LogP contribution is -2.32. The van der Waals surface area contributed by atoms with E-state index in [-0.39, 0.29) is 17.9 Å². The first kappa shape index (κ1) is 22.5. The summed E-state index contributed by atoms with van der Waals surface area (Å²) in [5, 5.41) is 3.08. The Hall–Kier alpha value is -3.74. The minimum absolute atomic E-state index is 0.0159. The van der Waals surface area contributed by atoms with Crippen molar-refractivity contribution < 1.29 is 9.59 Å². The number of hydrogen-bond donors (Lipinski definition) is 1. The molecule has 0 aliphatic carbocycles. The first-order valence-corrected chi connectivity index (χ1v) is 11.2. The highest BCUT2D eigenvalue weighted by Crippen LogP contribution is 2.34. The van der Waals surface area contributed by atoms with Crippen LogP contribution in [0, 0.1) is 0 Å². The minimum Gasteiger partial charge on any atom is -0.373 e. The number of amides is 2. The molecule has 7 heteroatoms. The number of hydrogen-bond acceptors (Lipinski definition) is 5. The van der Waals surface area contributed by atoms with Gasteiger partial charge in [-0.05, 0) is 30.0 Å². The average Bonchev–Trinajstić information content (AvgIpc) is 3.34. The summed E-state index contributed by atoms with van der Waals surface area (Å²) in [4.78, 5) is 38.4. The number of aromatic nitrogens is 2. The molecule has 3 aromatic rings. The molecule has 2 amide bonds. The summed E-state index contributed by atoms with van der Waals surface area (Å²) >= 11 is 0. The Labute approximate surface area is 194 Å². The summed E-state index contributed by atoms with van der Waals surface area (Å²) in [6.07, 6.45) is 1.69. The van der Waals surface area contributed by atoms with Crippen molar-refractivity contribution in [2.24, 2.45) is 0 Å². The molecule has 170 valence electrons. The van der Waals surface area contributed by atoms with Gasteiger partial charge >= 0.3 is 0 Å². The number of benzene rings is 2. The van der Waals surface area contributed by atoms with Crippen molar-refractivity contribution in [3.8, 4) is 11.1 Å². The second-order valence-electron chi connectivity index (χ2n) is 8.30. The quantitative estimate of drug-likeness (QED) is 0.619. The largest absolute Gasteiger partial charge is 0.373 e. The van der Waals surface area contributed by atoms with Gasteiger partial charge in [0.15, 0.2) is 5.82 Å². The fraction of sp³-hybridized carbons (Fsp3) is 0.308. The van der Waals surface area contributed by atoms with Crippen LogP contribution in [0.4, 0.5) is 5.82 Å². The van der Waals surface area contributed by atoms with E-state index in [0.29, 0.717) is 30.3 Å². The Morgan fingerprint density at radius 2 is 1.82 bits per heavy atom. The van der Waals surface area contributed by atoms with Crippen molar-refractivity contribution in [1.82, 2.24) is 19.8 Å². The smallest absolute Gasteiger partial charge is 0.255 e. The molecule has 4 rings (SSSR count). The molecule has 33 heavy (non-hydrogen) atoms. The SMILES string of the molecule is CNc1cc(CN(C)C(C)=O)nc([C@@H]2CCCN2C(=O)c2ccccc2-c2ccccc2)n1. The molecule has 2 heterocycles. The minimum atomic E-state index is -0.212. The molecule has 1 saturated heterocycles. The summed E-state index contributed by atoms with van der Waals surface area (Å²) < 4.78 is 0. The Morgan fingerprint density at radius 3 is 2.55 bits per heavy atom. The van der Waals surface area contributed by atoms with Crippen LogP contribution in [0.3, 0.4) is 0 Å². The normalized spacial score (nSPS) is 15.4. The van der Waals surface area contributed by atoms with Gasteiger partial charge in [0.1, 0.15) is 5.82 Å². The molecule has 0 saturated carbocycles. The van der Waals surface area contributed by atoms with Gasteiger partial charge in [-0.25, -0.2) is 9.97 Å². The molecule has 1 fully saturated rings. The number of likely N-dealkylation sites (tertiary alicyclic amines) is 1. The van der Waals surface area contributed by atoms with Crippen LogP contribution in [0.25, 0.3) is 11.1 Å². The standard InChI is InChI=1S/C26H29N5O2/c1-18(32)30(3)17-20-16-24(27-2)29-25(28-20)23-14-9-15-31(23)26(33)22-13-8-7-12-21(22)19-10-5-4-6-11-19/h4-8,10-13,16,23H,9,14-15,17H2,1-3H3,(H,27,28,29)/t23-/m0/s1. The Bertz CT molecular complexity index is 1150. The van der Waals surface area contributed by atoms with Gasteiger partial charge in [0.2, 0.25) is 5.91 Å². The Morgan fingerprint density at radius 1 is 1.09 bits per heavy atom. The van der Waals surface area contributed by atoms with Crippen LogP contribution >= 0.6 is 0 Å². The van der Waals surface area contributed by atoms with Gasteiger partial charge < -0.3 is 15.1 Å². The third-order valence-corrected chi connectivity index (χ3v) is 6.04. The Kier molecular flexibility index (Phi) is 6.68. The summed E-state index contributed by atoms with van der Waals surface area (Å²) in [6.45, 7) is 2.57. The van der Waals surface area contributed by atoms with Gasteiger partial charge in [0.25, 0.3) is 5.91 Å². The van der Waals surface area contributed by atoms with E-state index in [2.05, 4.69) is 10.3 Å². The predicted octanol–water partition coefficient (Wildman–Crippen LogP) is 4.14. The molecule has 0 spiro atoms. The first-order valence-electron chi connectivity index (χ1n) is 11.2. The van der Waals surface area contributed by atoms with Gasteiger partial charge in [-0.15, -0.1) is 0 Å². The van der Waals surface area contributed by atoms with E-state index in [1.165, 1.54) is 6.92 Å². The number of nitrogens with one attached hydrogen (secondary N) is 1. The molecular weight excluding hydrogens is 414 g/mol. The molecule has 7 nitrogen and oxygen atoms in total. The fourth-order valence-corrected chi connectivity index (χ4v) is 4.20. The second-order valence-corrected chi connectivity index (χ2v) is 8.30. The van der Waals surface area contributed by atoms with Gasteiger partial charge in [-0.3, -0.25) is 9.59 Å². The van der Waals surface area contributed by atoms with Crippen LogP contribution in [-0.2, 0) is 11.3 Å². The van der Waals surface area contributed by atoms with Gasteiger partial charge in [-0.1, -0.05) is 48.5 Å². The van der Waals surface area contributed by atoms with E-state index >= 15 is 0 Å². The van der Waals surface area contributed by atoms with Crippen molar-refractivity contribution in [1.29, 1.82) is 0 Å². The lowest BCUT2D eigenvalue weighted by atomic mass is 9.98. The highest BCUT2D eigenvalue weighted by molar-refractivity contribution is 6.01. The topological polar surface area (TPSA) is 78.4 Å². The Balaban J connectivity index is 1.67. The lowest BCUT2D eigenvalue weighted by Gasteiger charge is -2.26. The van der Waals surface area contributed by atoms with E-state index in [4.69, 9.17) is 4.98 Å². The van der Waals surface area contributed by atoms with E-state index < -0.39 is 0 Å². The van der Waals surface area contributed by atoms with Crippen LogP contribution in [0.15, 0.2) is 60.7 Å². The number of rotatable bonds is 6. The van der Waals surface area contributed by atoms with E-state index in [1.807, 2.05) is 65.6 Å². The van der Waals surface area contributed by atoms with Crippen LogP contribution in [0.1, 0.15) is 47.7 Å². The summed E-state index contributed by atoms with van der Waals surface area (Å²) in [6, 6.07) is 19.3. The lowest BCUT2D eigenvalue weighted by molar-refractivity contribution is -0.128. The van der Waals surface area contributed by atoms with Gasteiger partial charge in [0.05, 0.1) is 18.3 Å². The number of carbonyl (C=O) groups excluding carboxylic acids is 2. The van der Waals surface area contributed by atoms with Crippen LogP contribution in [0.5, 0.6) is 0 Å². The maximum absolute atomic E-state index is 13.7. The fourth-order valence-electron chi connectivity index (χ4n) is 4.20. The summed E-state index contributed by atoms with van der Waals surface area (Å²) in [5.41, 5.74) is 3.35. The predicted molar refractivity (Wildman–Crippen MR) is 129 cm³/mol. The summed E-state index contributed by atoms with van der Waals surface area (Å²) in [5.74, 6) is 1.24. The van der Waals surface area contributed by atoms with Crippen LogP contribution in [-0.4, -0.2) is 52.2 Å². The van der Waals surface area contributed by atoms with Crippen LogP contribution in [0.2, 0.25) is 0 Å². The van der Waals surface area contributed by atoms with Crippen molar-refractivity contribution in [3.05, 3.63) is 77.7 Å². The molecule has 2 aromatic carbocycles. The van der Waals surface area contributed by atoms with E-state index in [0.717, 1.165) is 29.7 Å². The number of anilines is 1. The second kappa shape index (κ2) is 9.81. The van der Waals surface area contributed by atoms with Crippen molar-refractivity contribution in [2.75, 3.05) is 26.0 Å². The molecule has 1 aliphatic rings. The molecule has 0 radical (unpaired) electrons. The van der Waals surface area contributed by atoms with Crippen molar-refractivity contribution >= 4 is 17.6 Å². The highest BCUT2D eigenvalue weighted by Gasteiger charge is 2.34. The molecule has 1 atom stereocenters. The van der Waals surface area contributed by atoms with Crippen LogP contribution < -0.4 is 5.32 Å². The average molecular weight is 444 g/mol. The molecule has 0 unspecified atom stereocenters. The van der Waals surface area contributed by atoms with Crippen molar-refractivity contribution in [2.45, 2.75) is 32.4 Å². The summed E-state index contributed by atoms with van der Waals surface area (Å²) in [7, 11) is 3.55. The van der Waals surface area contributed by atoms with Gasteiger partial charge in [-0.2, -0.15) is 0 Å². The van der Waals surface area contributed by atoms with E-state index in [1.54, 1.807) is 19.0 Å². The third kappa shape index (κ3) is 4.87. The monoisotopic (exact) mass is 443 g/mol. The number of nitrogens with zero attached hydrogens (tertiary/aromatic N) is 4. The maximum atomic E-state index is 13.7. The van der Waals surface area contributed by atoms with E-state index in [9.17, 15) is 9.59 Å². The van der Waals surface area contributed by atoms with Crippen molar-refractivity contribution in [3.63, 3.8) is 0 Å². The van der Waals surface area contributed by atoms with Gasteiger partial charge in [0, 0.05) is 39.2 Å². The number of carbonyl (C=O) groups is 2. The maximum Gasteiger partial charge on any atom is 0.255 e. The first-order chi connectivity index (χ1) is 16.0. The molecule has 1 N–H and O–H groups in total. The molecule has 1 aliphatic heterocycles. The molecule has 1 aromatic heterocycles. The molecular formula is C26H29N5O2. The highest BCUT2D eigenvalue weighted by atomic mass is 16.2. The molecule has 0 bridgehead atoms. The zero-order valence-electron chi connectivity index (χ0n) is 19.3. The third-order valence-electron chi connectivity index (χ3n) is 6.04.